The molecule has 1 aromatic heterocycles. The summed E-state index contributed by atoms with van der Waals surface area (Å²) in [6.45, 7) is 3.09. The number of nitrogens with zero attached hydrogens (tertiary/aromatic N) is 4. The molecule has 1 aliphatic rings. The number of amides is 2. The highest BCUT2D eigenvalue weighted by Crippen LogP contribution is 2.15. The van der Waals surface area contributed by atoms with E-state index in [0.29, 0.717) is 25.9 Å². The van der Waals surface area contributed by atoms with E-state index >= 15 is 0 Å². The lowest BCUT2D eigenvalue weighted by Crippen LogP contribution is -2.36. The molecule has 0 bridgehead atoms. The molecule has 8 nitrogen and oxygen atoms in total. The van der Waals surface area contributed by atoms with Gasteiger partial charge >= 0.3 is 0 Å². The molecule has 8 heteroatoms. The molecular weight excluding hydrogens is 344 g/mol. The summed E-state index contributed by atoms with van der Waals surface area (Å²) in [5.41, 5.74) is 1.45. The number of piperidine rings is 1. The van der Waals surface area contributed by atoms with Gasteiger partial charge in [0.2, 0.25) is 11.8 Å². The van der Waals surface area contributed by atoms with Crippen molar-refractivity contribution in [3.8, 4) is 0 Å². The standard InChI is InChI=1S/C19H26N6O2/c26-18(5-4-12-25-15-20-14-21-25)22-16-6-8-17(9-7-16)23-19(27)13-24-10-2-1-3-11-24/h6-9,14-15H,1-5,10-13H2,(H,22,26)(H,23,27). The lowest BCUT2D eigenvalue weighted by molar-refractivity contribution is -0.118. The Kier molecular flexibility index (Phi) is 6.92. The van der Waals surface area contributed by atoms with Crippen LogP contribution in [-0.2, 0) is 16.1 Å². The van der Waals surface area contributed by atoms with Gasteiger partial charge in [0.25, 0.3) is 0 Å². The van der Waals surface area contributed by atoms with Gasteiger partial charge in [-0.1, -0.05) is 6.42 Å². The zero-order chi connectivity index (χ0) is 18.9. The highest BCUT2D eigenvalue weighted by molar-refractivity contribution is 5.93. The Morgan fingerprint density at radius 2 is 1.63 bits per heavy atom. The normalized spacial score (nSPS) is 14.7. The molecule has 0 atom stereocenters. The Hall–Kier alpha value is -2.74. The van der Waals surface area contributed by atoms with Gasteiger partial charge < -0.3 is 10.6 Å². The Morgan fingerprint density at radius 1 is 0.963 bits per heavy atom. The number of rotatable bonds is 8. The van der Waals surface area contributed by atoms with Gasteiger partial charge in [-0.15, -0.1) is 0 Å². The van der Waals surface area contributed by atoms with E-state index < -0.39 is 0 Å². The summed E-state index contributed by atoms with van der Waals surface area (Å²) >= 11 is 0. The predicted molar refractivity (Wildman–Crippen MR) is 103 cm³/mol. The minimum atomic E-state index is -0.0444. The molecule has 3 rings (SSSR count). The molecule has 0 spiro atoms. The van der Waals surface area contributed by atoms with E-state index in [1.54, 1.807) is 35.3 Å². The smallest absolute Gasteiger partial charge is 0.238 e. The van der Waals surface area contributed by atoms with Gasteiger partial charge in [-0.2, -0.15) is 5.10 Å². The van der Waals surface area contributed by atoms with Gasteiger partial charge in [0.05, 0.1) is 6.54 Å². The summed E-state index contributed by atoms with van der Waals surface area (Å²) in [6.07, 6.45) is 7.81. The van der Waals surface area contributed by atoms with Gasteiger partial charge in [0, 0.05) is 24.3 Å². The molecule has 144 valence electrons. The maximum Gasteiger partial charge on any atom is 0.238 e. The number of aryl methyl sites for hydroxylation is 1. The van der Waals surface area contributed by atoms with Crippen LogP contribution < -0.4 is 10.6 Å². The van der Waals surface area contributed by atoms with Crippen molar-refractivity contribution in [2.24, 2.45) is 0 Å². The Morgan fingerprint density at radius 3 is 2.26 bits per heavy atom. The van der Waals surface area contributed by atoms with Gasteiger partial charge in [-0.05, 0) is 56.6 Å². The van der Waals surface area contributed by atoms with E-state index in [1.807, 2.05) is 0 Å². The summed E-state index contributed by atoms with van der Waals surface area (Å²) in [5, 5.41) is 9.78. The van der Waals surface area contributed by atoms with Crippen LogP contribution in [0.4, 0.5) is 11.4 Å². The van der Waals surface area contributed by atoms with Crippen molar-refractivity contribution in [1.29, 1.82) is 0 Å². The summed E-state index contributed by atoms with van der Waals surface area (Å²) in [4.78, 5) is 30.2. The largest absolute Gasteiger partial charge is 0.326 e. The van der Waals surface area contributed by atoms with Crippen LogP contribution in [0.3, 0.4) is 0 Å². The van der Waals surface area contributed by atoms with Crippen LogP contribution in [-0.4, -0.2) is 51.1 Å². The summed E-state index contributed by atoms with van der Waals surface area (Å²) in [6, 6.07) is 7.20. The first-order chi connectivity index (χ1) is 13.2. The summed E-state index contributed by atoms with van der Waals surface area (Å²) < 4.78 is 1.70. The van der Waals surface area contributed by atoms with Gasteiger partial charge in [0.1, 0.15) is 12.7 Å². The SMILES string of the molecule is O=C(CCCn1cncn1)Nc1ccc(NC(=O)CN2CCCCC2)cc1. The van der Waals surface area contributed by atoms with Crippen LogP contribution >= 0.6 is 0 Å². The monoisotopic (exact) mass is 370 g/mol. The fourth-order valence-corrected chi connectivity index (χ4v) is 3.13. The highest BCUT2D eigenvalue weighted by atomic mass is 16.2. The number of carbonyl (C=O) groups is 2. The molecule has 2 aromatic rings. The molecule has 0 radical (unpaired) electrons. The quantitative estimate of drug-likeness (QED) is 0.743. The van der Waals surface area contributed by atoms with E-state index in [2.05, 4.69) is 25.6 Å². The predicted octanol–water partition coefficient (Wildman–Crippen LogP) is 2.12. The summed E-state index contributed by atoms with van der Waals surface area (Å²) in [5.74, 6) is -0.0428. The molecule has 1 saturated heterocycles. The van der Waals surface area contributed by atoms with E-state index in [4.69, 9.17) is 0 Å². The highest BCUT2D eigenvalue weighted by Gasteiger charge is 2.13. The van der Waals surface area contributed by atoms with E-state index in [-0.39, 0.29) is 11.8 Å². The van der Waals surface area contributed by atoms with Crippen molar-refractivity contribution in [3.63, 3.8) is 0 Å². The first-order valence-electron chi connectivity index (χ1n) is 9.43. The van der Waals surface area contributed by atoms with Crippen molar-refractivity contribution >= 4 is 23.2 Å². The van der Waals surface area contributed by atoms with Gasteiger partial charge in [-0.3, -0.25) is 19.2 Å². The lowest BCUT2D eigenvalue weighted by Gasteiger charge is -2.25. The average molecular weight is 370 g/mol. The van der Waals surface area contributed by atoms with Gasteiger partial charge in [0.15, 0.2) is 0 Å². The van der Waals surface area contributed by atoms with Crippen LogP contribution in [0.1, 0.15) is 32.1 Å². The topological polar surface area (TPSA) is 92.1 Å². The Labute approximate surface area is 159 Å². The van der Waals surface area contributed by atoms with Crippen molar-refractivity contribution in [2.75, 3.05) is 30.3 Å². The van der Waals surface area contributed by atoms with Crippen LogP contribution in [0, 0.1) is 0 Å². The number of likely N-dealkylation sites (tertiary alicyclic amines) is 1. The molecule has 1 aliphatic heterocycles. The third-order valence-corrected chi connectivity index (χ3v) is 4.53. The number of hydrogen-bond acceptors (Lipinski definition) is 5. The molecule has 0 aliphatic carbocycles. The third kappa shape index (κ3) is 6.49. The molecular formula is C19H26N6O2. The first-order valence-corrected chi connectivity index (χ1v) is 9.43. The lowest BCUT2D eigenvalue weighted by atomic mass is 10.1. The van der Waals surface area contributed by atoms with Crippen LogP contribution in [0.25, 0.3) is 0 Å². The molecule has 0 unspecified atom stereocenters. The number of hydrogen-bond donors (Lipinski definition) is 2. The number of aromatic nitrogens is 3. The zero-order valence-electron chi connectivity index (χ0n) is 15.4. The van der Waals surface area contributed by atoms with Crippen LogP contribution in [0.15, 0.2) is 36.9 Å². The second kappa shape index (κ2) is 9.82. The molecule has 1 aromatic carbocycles. The van der Waals surface area contributed by atoms with E-state index in [1.165, 1.54) is 25.6 Å². The minimum Gasteiger partial charge on any atom is -0.326 e. The van der Waals surface area contributed by atoms with E-state index in [0.717, 1.165) is 24.5 Å². The second-order valence-corrected chi connectivity index (χ2v) is 6.77. The van der Waals surface area contributed by atoms with Crippen molar-refractivity contribution in [3.05, 3.63) is 36.9 Å². The Balaban J connectivity index is 1.38. The number of carbonyl (C=O) groups excluding carboxylic acids is 2. The fraction of sp³-hybridized carbons (Fsp3) is 0.474. The second-order valence-electron chi connectivity index (χ2n) is 6.77. The third-order valence-electron chi connectivity index (χ3n) is 4.53. The zero-order valence-corrected chi connectivity index (χ0v) is 15.4. The van der Waals surface area contributed by atoms with Crippen LogP contribution in [0.5, 0.6) is 0 Å². The van der Waals surface area contributed by atoms with Crippen molar-refractivity contribution in [1.82, 2.24) is 19.7 Å². The number of nitrogens with one attached hydrogen (secondary N) is 2. The maximum atomic E-state index is 12.1. The molecule has 2 amide bonds. The molecule has 0 saturated carbocycles. The minimum absolute atomic E-state index is 0.00166. The van der Waals surface area contributed by atoms with Crippen molar-refractivity contribution < 1.29 is 9.59 Å². The molecule has 27 heavy (non-hydrogen) atoms. The molecule has 1 fully saturated rings. The number of benzene rings is 1. The number of anilines is 2. The first kappa shape index (κ1) is 19.0. The molecule has 2 heterocycles. The maximum absolute atomic E-state index is 12.1. The van der Waals surface area contributed by atoms with Gasteiger partial charge in [-0.25, -0.2) is 4.98 Å². The Bertz CT molecular complexity index is 723. The van der Waals surface area contributed by atoms with E-state index in [9.17, 15) is 9.59 Å². The van der Waals surface area contributed by atoms with Crippen molar-refractivity contribution in [2.45, 2.75) is 38.6 Å². The molecule has 2 N–H and O–H groups in total. The summed E-state index contributed by atoms with van der Waals surface area (Å²) in [7, 11) is 0. The van der Waals surface area contributed by atoms with Crippen LogP contribution in [0.2, 0.25) is 0 Å². The average Bonchev–Trinajstić information content (AvgIpc) is 3.17. The fourth-order valence-electron chi connectivity index (χ4n) is 3.13.